The predicted molar refractivity (Wildman–Crippen MR) is 188 cm³/mol. The first-order chi connectivity index (χ1) is 21.8. The molecule has 2 aliphatic carbocycles. The van der Waals surface area contributed by atoms with Crippen LogP contribution in [0.25, 0.3) is 0 Å². The molecule has 3 N–H and O–H groups in total. The molecule has 0 heterocycles. The zero-order chi connectivity index (χ0) is 34.2. The third-order valence-corrected chi connectivity index (χ3v) is 8.29. The van der Waals surface area contributed by atoms with Crippen molar-refractivity contribution in [3.63, 3.8) is 0 Å². The van der Waals surface area contributed by atoms with E-state index in [1.54, 1.807) is 6.07 Å². The third-order valence-electron chi connectivity index (χ3n) is 8.29. The van der Waals surface area contributed by atoms with Gasteiger partial charge in [-0.05, 0) is 105 Å². The molecule has 5 rings (SSSR count). The third kappa shape index (κ3) is 12.3. The lowest BCUT2D eigenvalue weighted by atomic mass is 9.85. The van der Waals surface area contributed by atoms with Gasteiger partial charge in [0.2, 0.25) is 11.8 Å². The van der Waals surface area contributed by atoms with Gasteiger partial charge in [0.25, 0.3) is 0 Å². The van der Waals surface area contributed by atoms with E-state index in [2.05, 4.69) is 30.5 Å². The Morgan fingerprint density at radius 1 is 0.848 bits per heavy atom. The number of carbonyl (C=O) groups excluding carboxylic acids is 3. The van der Waals surface area contributed by atoms with Crippen molar-refractivity contribution in [1.82, 2.24) is 5.32 Å². The van der Waals surface area contributed by atoms with Gasteiger partial charge in [-0.2, -0.15) is 0 Å². The van der Waals surface area contributed by atoms with E-state index in [1.165, 1.54) is 37.8 Å². The van der Waals surface area contributed by atoms with Crippen LogP contribution in [0.3, 0.4) is 0 Å². The van der Waals surface area contributed by atoms with Crippen LogP contribution in [0.15, 0.2) is 54.6 Å². The van der Waals surface area contributed by atoms with E-state index in [-0.39, 0.29) is 17.8 Å². The van der Waals surface area contributed by atoms with Crippen molar-refractivity contribution in [2.75, 3.05) is 11.9 Å². The summed E-state index contributed by atoms with van der Waals surface area (Å²) >= 11 is 0. The minimum absolute atomic E-state index is 0.0209. The molecule has 46 heavy (non-hydrogen) atoms. The molecule has 0 aromatic heterocycles. The van der Waals surface area contributed by atoms with Crippen LogP contribution in [0.5, 0.6) is 11.5 Å². The number of esters is 1. The Bertz CT molecular complexity index is 1340. The number of carbonyl (C=O) groups is 3. The van der Waals surface area contributed by atoms with E-state index in [4.69, 9.17) is 4.74 Å². The molecule has 0 aliphatic heterocycles. The number of anilines is 1. The van der Waals surface area contributed by atoms with Crippen LogP contribution in [0.2, 0.25) is 0 Å². The summed E-state index contributed by atoms with van der Waals surface area (Å²) in [5.41, 5.74) is 7.63. The van der Waals surface area contributed by atoms with Crippen LogP contribution in [-0.4, -0.2) is 29.4 Å². The molecule has 7 heteroatoms. The van der Waals surface area contributed by atoms with E-state index < -0.39 is 0 Å². The van der Waals surface area contributed by atoms with E-state index in [0.29, 0.717) is 23.3 Å². The number of nitrogens with one attached hydrogen (secondary N) is 2. The highest BCUT2D eigenvalue weighted by Gasteiger charge is 2.24. The van der Waals surface area contributed by atoms with Gasteiger partial charge in [0, 0.05) is 32.0 Å². The Morgan fingerprint density at radius 2 is 1.41 bits per heavy atom. The summed E-state index contributed by atoms with van der Waals surface area (Å²) in [5, 5.41) is 15.2. The van der Waals surface area contributed by atoms with Crippen LogP contribution >= 0.6 is 0 Å². The highest BCUT2D eigenvalue weighted by atomic mass is 16.5. The molecule has 1 fully saturated rings. The molecule has 2 aliphatic rings. The first kappa shape index (κ1) is 38.1. The van der Waals surface area contributed by atoms with Gasteiger partial charge in [0.05, 0.1) is 0 Å². The monoisotopic (exact) mass is 630 g/mol. The number of unbranched alkanes of at least 4 members (excludes halogenated alkanes) is 1. The van der Waals surface area contributed by atoms with Crippen molar-refractivity contribution < 1.29 is 24.2 Å². The lowest BCUT2D eigenvalue weighted by Crippen LogP contribution is -2.34. The number of phenols is 1. The van der Waals surface area contributed by atoms with Crippen LogP contribution < -0.4 is 15.4 Å². The fourth-order valence-corrected chi connectivity index (χ4v) is 5.34. The second-order valence-corrected chi connectivity index (χ2v) is 12.3. The van der Waals surface area contributed by atoms with Gasteiger partial charge < -0.3 is 20.5 Å². The first-order valence-corrected chi connectivity index (χ1v) is 16.5. The maximum atomic E-state index is 11.2. The zero-order valence-corrected chi connectivity index (χ0v) is 29.1. The summed E-state index contributed by atoms with van der Waals surface area (Å²) in [6.45, 7) is 16.0. The van der Waals surface area contributed by atoms with Gasteiger partial charge in [-0.15, -0.1) is 0 Å². The molecule has 0 unspecified atom stereocenters. The molecule has 7 nitrogen and oxygen atoms in total. The number of amides is 2. The topological polar surface area (TPSA) is 105 Å². The molecule has 0 saturated heterocycles. The fraction of sp³-hybridized carbons (Fsp3) is 0.462. The van der Waals surface area contributed by atoms with Crippen LogP contribution in [-0.2, 0) is 20.8 Å². The summed E-state index contributed by atoms with van der Waals surface area (Å²) < 4.78 is 5.04. The van der Waals surface area contributed by atoms with Crippen molar-refractivity contribution in [2.45, 2.75) is 106 Å². The molecule has 3 aromatic rings. The predicted octanol–water partition coefficient (Wildman–Crippen LogP) is 8.64. The number of aryl methyl sites for hydroxylation is 4. The van der Waals surface area contributed by atoms with Crippen molar-refractivity contribution in [1.29, 1.82) is 0 Å². The average Bonchev–Trinajstić information content (AvgIpc) is 3.35. The number of para-hydroxylation sites is 2. The van der Waals surface area contributed by atoms with E-state index in [9.17, 15) is 19.5 Å². The van der Waals surface area contributed by atoms with E-state index in [1.807, 2.05) is 70.2 Å². The van der Waals surface area contributed by atoms with Crippen LogP contribution in [0, 0.1) is 33.6 Å². The number of aromatic hydroxyl groups is 1. The number of hydrogen-bond donors (Lipinski definition) is 3. The normalized spacial score (nSPS) is 14.4. The van der Waals surface area contributed by atoms with Crippen LogP contribution in [0.1, 0.15) is 106 Å². The van der Waals surface area contributed by atoms with Gasteiger partial charge >= 0.3 is 5.97 Å². The average molecular weight is 631 g/mol. The molecular formula is C39H54N2O5. The van der Waals surface area contributed by atoms with Crippen molar-refractivity contribution in [3.8, 4) is 11.5 Å². The molecule has 250 valence electrons. The second-order valence-electron chi connectivity index (χ2n) is 12.3. The first-order valence-electron chi connectivity index (χ1n) is 16.5. The number of fused-ring (bicyclic) bond motifs is 1. The number of hydrogen-bond acceptors (Lipinski definition) is 5. The van der Waals surface area contributed by atoms with Crippen molar-refractivity contribution >= 4 is 23.5 Å². The molecule has 1 atom stereocenters. The maximum absolute atomic E-state index is 11.2. The summed E-state index contributed by atoms with van der Waals surface area (Å²) in [6.07, 6.45) is 7.96. The second kappa shape index (κ2) is 19.4. The highest BCUT2D eigenvalue weighted by molar-refractivity contribution is 5.90. The minimum Gasteiger partial charge on any atom is -0.508 e. The Balaban J connectivity index is 0.000000214. The standard InChI is InChI=1S/C10H13NO.C10H12O2.C10H12O.C9H17NO/c1-7-5-4-6-8(2)10(7)11-9(3)12;1-7-5-4-6-8(2)10(7)12-9(3)11;1-7-5-6-9-8(7)3-2-4-10(9)11;1-2-3-7-10-9(11)8-5-4-6-8/h4-6H,1-3H3,(H,11,12);4-6H,1-3H3;2-4,7,11H,5-6H2,1H3;8H,2-7H2,1H3,(H,10,11)/t;;7-;/m..1./s1. The molecule has 0 spiro atoms. The number of ether oxygens (including phenoxy) is 1. The smallest absolute Gasteiger partial charge is 0.308 e. The number of phenolic OH excluding ortho intramolecular Hbond substituents is 1. The summed E-state index contributed by atoms with van der Waals surface area (Å²) in [5.74, 6) is 2.14. The van der Waals surface area contributed by atoms with Gasteiger partial charge in [0.15, 0.2) is 0 Å². The van der Waals surface area contributed by atoms with Crippen molar-refractivity contribution in [3.05, 3.63) is 88.0 Å². The Labute approximate surface area is 276 Å². The minimum atomic E-state index is -0.271. The summed E-state index contributed by atoms with van der Waals surface area (Å²) in [7, 11) is 0. The fourth-order valence-electron chi connectivity index (χ4n) is 5.34. The number of rotatable bonds is 6. The van der Waals surface area contributed by atoms with E-state index in [0.717, 1.165) is 66.6 Å². The lowest BCUT2D eigenvalue weighted by molar-refractivity contribution is -0.132. The van der Waals surface area contributed by atoms with Crippen molar-refractivity contribution in [2.24, 2.45) is 5.92 Å². The molecule has 2 amide bonds. The van der Waals surface area contributed by atoms with Gasteiger partial charge in [-0.25, -0.2) is 0 Å². The largest absolute Gasteiger partial charge is 0.508 e. The lowest BCUT2D eigenvalue weighted by Gasteiger charge is -2.23. The summed E-state index contributed by atoms with van der Waals surface area (Å²) in [6, 6.07) is 17.6. The Hall–Kier alpha value is -4.13. The SMILES string of the molecule is CC(=O)Nc1c(C)cccc1C.CC(=O)Oc1c(C)cccc1C.CCCCNC(=O)C1CCC1.C[C@@H]1CCc2c(O)cccc21. The Morgan fingerprint density at radius 3 is 1.89 bits per heavy atom. The maximum Gasteiger partial charge on any atom is 0.308 e. The molecule has 0 bridgehead atoms. The molecular weight excluding hydrogens is 576 g/mol. The van der Waals surface area contributed by atoms with Gasteiger partial charge in [-0.3, -0.25) is 14.4 Å². The van der Waals surface area contributed by atoms with Gasteiger partial charge in [0.1, 0.15) is 11.5 Å². The zero-order valence-electron chi connectivity index (χ0n) is 29.1. The summed E-state index contributed by atoms with van der Waals surface area (Å²) in [4.78, 5) is 32.7. The molecule has 1 saturated carbocycles. The Kier molecular flexibility index (Phi) is 16.0. The molecule has 0 radical (unpaired) electrons. The molecule has 3 aromatic carbocycles. The van der Waals surface area contributed by atoms with Crippen LogP contribution in [0.4, 0.5) is 5.69 Å². The van der Waals surface area contributed by atoms with E-state index >= 15 is 0 Å². The number of benzene rings is 3. The quantitative estimate of drug-likeness (QED) is 0.144. The van der Waals surface area contributed by atoms with Gasteiger partial charge in [-0.1, -0.05) is 75.2 Å². The highest BCUT2D eigenvalue weighted by Crippen LogP contribution is 2.37.